The minimum Gasteiger partial charge on any atom is -0.372 e. The highest BCUT2D eigenvalue weighted by Crippen LogP contribution is 2.27. The molecular formula is C17H21N3O4. The number of carbonyl (C=O) groups excluding carboxylic acids is 2. The molecule has 2 aromatic rings. The lowest BCUT2D eigenvalue weighted by Gasteiger charge is -2.32. The first-order valence-electron chi connectivity index (χ1n) is 7.64. The second kappa shape index (κ2) is 7.74. The highest BCUT2D eigenvalue weighted by Gasteiger charge is 2.31. The van der Waals surface area contributed by atoms with E-state index in [0.29, 0.717) is 12.2 Å². The second-order valence-corrected chi connectivity index (χ2v) is 5.38. The van der Waals surface area contributed by atoms with Crippen LogP contribution >= 0.6 is 0 Å². The standard InChI is InChI=1S/C17H21N3O4/c1-4-17(23-3,13-8-6-5-7-9-13)11-18-15(21)16(22)19-14-10-12(2)24-20-14/h5-10H,4,11H2,1-3H3,(H,18,21)(H,19,20,22). The summed E-state index contributed by atoms with van der Waals surface area (Å²) >= 11 is 0. The molecule has 1 unspecified atom stereocenters. The lowest BCUT2D eigenvalue weighted by atomic mass is 9.90. The van der Waals surface area contributed by atoms with Crippen LogP contribution in [0.4, 0.5) is 5.82 Å². The summed E-state index contributed by atoms with van der Waals surface area (Å²) in [7, 11) is 1.58. The first kappa shape index (κ1) is 17.7. The maximum absolute atomic E-state index is 12.0. The predicted molar refractivity (Wildman–Crippen MR) is 88.3 cm³/mol. The summed E-state index contributed by atoms with van der Waals surface area (Å²) in [6.45, 7) is 3.83. The number of nitrogens with zero attached hydrogens (tertiary/aromatic N) is 1. The van der Waals surface area contributed by atoms with E-state index in [4.69, 9.17) is 9.26 Å². The molecule has 1 heterocycles. The third-order valence-corrected chi connectivity index (χ3v) is 3.87. The Morgan fingerprint density at radius 2 is 1.96 bits per heavy atom. The van der Waals surface area contributed by atoms with Crippen molar-refractivity contribution in [3.05, 3.63) is 47.7 Å². The molecule has 0 saturated carbocycles. The van der Waals surface area contributed by atoms with E-state index in [1.54, 1.807) is 14.0 Å². The molecule has 2 amide bonds. The molecule has 0 radical (unpaired) electrons. The van der Waals surface area contributed by atoms with Crippen molar-refractivity contribution in [1.29, 1.82) is 0 Å². The molecule has 0 aliphatic heterocycles. The Hall–Kier alpha value is -2.67. The number of nitrogens with one attached hydrogen (secondary N) is 2. The average Bonchev–Trinajstić information content (AvgIpc) is 3.01. The number of hydrogen-bond donors (Lipinski definition) is 2. The van der Waals surface area contributed by atoms with Gasteiger partial charge in [-0.25, -0.2) is 0 Å². The fourth-order valence-corrected chi connectivity index (χ4v) is 2.41. The zero-order valence-corrected chi connectivity index (χ0v) is 14.0. The van der Waals surface area contributed by atoms with Gasteiger partial charge in [0, 0.05) is 13.2 Å². The molecule has 0 spiro atoms. The molecule has 0 fully saturated rings. The highest BCUT2D eigenvalue weighted by molar-refractivity contribution is 6.39. The molecule has 0 aliphatic rings. The molecule has 128 valence electrons. The Bertz CT molecular complexity index is 693. The van der Waals surface area contributed by atoms with Crippen molar-refractivity contribution in [2.45, 2.75) is 25.9 Å². The number of benzene rings is 1. The van der Waals surface area contributed by atoms with E-state index < -0.39 is 17.4 Å². The maximum Gasteiger partial charge on any atom is 0.314 e. The third-order valence-electron chi connectivity index (χ3n) is 3.87. The fraction of sp³-hybridized carbons (Fsp3) is 0.353. The normalized spacial score (nSPS) is 13.1. The van der Waals surface area contributed by atoms with Gasteiger partial charge in [0.15, 0.2) is 5.82 Å². The summed E-state index contributed by atoms with van der Waals surface area (Å²) in [6, 6.07) is 11.1. The Labute approximate surface area is 140 Å². The van der Waals surface area contributed by atoms with Crippen molar-refractivity contribution in [3.63, 3.8) is 0 Å². The first-order chi connectivity index (χ1) is 11.5. The Kier molecular flexibility index (Phi) is 5.70. The number of anilines is 1. The summed E-state index contributed by atoms with van der Waals surface area (Å²) in [5.74, 6) is -0.831. The van der Waals surface area contributed by atoms with Crippen LogP contribution in [0.15, 0.2) is 40.9 Å². The van der Waals surface area contributed by atoms with Gasteiger partial charge in [-0.05, 0) is 18.9 Å². The molecule has 2 rings (SSSR count). The third kappa shape index (κ3) is 3.99. The van der Waals surface area contributed by atoms with Gasteiger partial charge in [-0.2, -0.15) is 0 Å². The van der Waals surface area contributed by atoms with E-state index in [1.807, 2.05) is 37.3 Å². The molecule has 0 aliphatic carbocycles. The number of methoxy groups -OCH3 is 1. The highest BCUT2D eigenvalue weighted by atomic mass is 16.5. The Morgan fingerprint density at radius 1 is 1.25 bits per heavy atom. The SMILES string of the molecule is CCC(CNC(=O)C(=O)Nc1cc(C)on1)(OC)c1ccccc1. The van der Waals surface area contributed by atoms with Crippen molar-refractivity contribution < 1.29 is 18.8 Å². The summed E-state index contributed by atoms with van der Waals surface area (Å²) in [5.41, 5.74) is 0.240. The Balaban J connectivity index is 2.01. The molecule has 7 heteroatoms. The number of amides is 2. The first-order valence-corrected chi connectivity index (χ1v) is 7.64. The van der Waals surface area contributed by atoms with Crippen LogP contribution in [0.1, 0.15) is 24.7 Å². The van der Waals surface area contributed by atoms with Gasteiger partial charge in [0.05, 0.1) is 6.54 Å². The van der Waals surface area contributed by atoms with Crippen molar-refractivity contribution >= 4 is 17.6 Å². The molecule has 7 nitrogen and oxygen atoms in total. The topological polar surface area (TPSA) is 93.5 Å². The van der Waals surface area contributed by atoms with Crippen molar-refractivity contribution in [2.24, 2.45) is 0 Å². The van der Waals surface area contributed by atoms with Crippen LogP contribution in [-0.4, -0.2) is 30.6 Å². The summed E-state index contributed by atoms with van der Waals surface area (Å²) < 4.78 is 10.5. The van der Waals surface area contributed by atoms with Crippen LogP contribution in [0, 0.1) is 6.92 Å². The smallest absolute Gasteiger partial charge is 0.314 e. The van der Waals surface area contributed by atoms with Gasteiger partial charge in [-0.15, -0.1) is 0 Å². The van der Waals surface area contributed by atoms with Gasteiger partial charge in [0.2, 0.25) is 0 Å². The van der Waals surface area contributed by atoms with Crippen LogP contribution in [0.3, 0.4) is 0 Å². The molecule has 2 N–H and O–H groups in total. The van der Waals surface area contributed by atoms with E-state index in [1.165, 1.54) is 6.07 Å². The minimum absolute atomic E-state index is 0.175. The van der Waals surface area contributed by atoms with Crippen LogP contribution in [-0.2, 0) is 19.9 Å². The van der Waals surface area contributed by atoms with Gasteiger partial charge < -0.3 is 14.6 Å². The molecule has 24 heavy (non-hydrogen) atoms. The lowest BCUT2D eigenvalue weighted by Crippen LogP contribution is -2.45. The zero-order chi connectivity index (χ0) is 17.6. The minimum atomic E-state index is -0.808. The van der Waals surface area contributed by atoms with E-state index in [2.05, 4.69) is 15.8 Å². The van der Waals surface area contributed by atoms with Crippen molar-refractivity contribution in [1.82, 2.24) is 10.5 Å². The van der Waals surface area contributed by atoms with E-state index in [-0.39, 0.29) is 12.4 Å². The van der Waals surface area contributed by atoms with Crippen LogP contribution in [0.2, 0.25) is 0 Å². The summed E-state index contributed by atoms with van der Waals surface area (Å²) in [4.78, 5) is 23.9. The number of aromatic nitrogens is 1. The number of rotatable bonds is 6. The predicted octanol–water partition coefficient (Wildman–Crippen LogP) is 1.99. The van der Waals surface area contributed by atoms with Gasteiger partial charge in [-0.3, -0.25) is 14.9 Å². The van der Waals surface area contributed by atoms with Crippen molar-refractivity contribution in [2.75, 3.05) is 19.0 Å². The van der Waals surface area contributed by atoms with Gasteiger partial charge in [-0.1, -0.05) is 42.4 Å². The molecular weight excluding hydrogens is 310 g/mol. The molecule has 0 bridgehead atoms. The number of ether oxygens (including phenoxy) is 1. The molecule has 1 aromatic heterocycles. The number of aryl methyl sites for hydroxylation is 1. The van der Waals surface area contributed by atoms with E-state index in [9.17, 15) is 9.59 Å². The van der Waals surface area contributed by atoms with Crippen LogP contribution < -0.4 is 10.6 Å². The van der Waals surface area contributed by atoms with E-state index >= 15 is 0 Å². The Morgan fingerprint density at radius 3 is 2.50 bits per heavy atom. The van der Waals surface area contributed by atoms with Gasteiger partial charge in [0.25, 0.3) is 0 Å². The molecule has 1 atom stereocenters. The van der Waals surface area contributed by atoms with Gasteiger partial charge in [0.1, 0.15) is 11.4 Å². The quantitative estimate of drug-likeness (QED) is 0.790. The largest absolute Gasteiger partial charge is 0.372 e. The van der Waals surface area contributed by atoms with Crippen LogP contribution in [0.25, 0.3) is 0 Å². The van der Waals surface area contributed by atoms with Gasteiger partial charge >= 0.3 is 11.8 Å². The van der Waals surface area contributed by atoms with Crippen LogP contribution in [0.5, 0.6) is 0 Å². The monoisotopic (exact) mass is 331 g/mol. The molecule has 0 saturated heterocycles. The van der Waals surface area contributed by atoms with Crippen molar-refractivity contribution in [3.8, 4) is 0 Å². The summed E-state index contributed by atoms with van der Waals surface area (Å²) in [6.07, 6.45) is 0.637. The lowest BCUT2D eigenvalue weighted by molar-refractivity contribution is -0.137. The fourth-order valence-electron chi connectivity index (χ4n) is 2.41. The maximum atomic E-state index is 12.0. The van der Waals surface area contributed by atoms with E-state index in [0.717, 1.165) is 5.56 Å². The number of carbonyl (C=O) groups is 2. The second-order valence-electron chi connectivity index (χ2n) is 5.38. The average molecular weight is 331 g/mol. The number of hydrogen-bond acceptors (Lipinski definition) is 5. The zero-order valence-electron chi connectivity index (χ0n) is 14.0. The summed E-state index contributed by atoms with van der Waals surface area (Å²) in [5, 5.41) is 8.61. The molecule has 1 aromatic carbocycles.